The van der Waals surface area contributed by atoms with Gasteiger partial charge in [0.1, 0.15) is 5.69 Å². The highest BCUT2D eigenvalue weighted by molar-refractivity contribution is 8.01. The maximum absolute atomic E-state index is 11.0. The average molecular weight is 412 g/mol. The molecule has 0 unspecified atom stereocenters. The predicted octanol–water partition coefficient (Wildman–Crippen LogP) is 5.80. The minimum atomic E-state index is -0.993. The Morgan fingerprint density at radius 1 is 1.03 bits per heavy atom. The third-order valence-electron chi connectivity index (χ3n) is 4.84. The molecule has 30 heavy (non-hydrogen) atoms. The molecule has 1 aliphatic heterocycles. The number of carboxylic acid groups (broad SMARTS) is 1. The van der Waals surface area contributed by atoms with Crippen LogP contribution in [0.25, 0.3) is 5.57 Å². The van der Waals surface area contributed by atoms with Crippen LogP contribution in [-0.4, -0.2) is 20.8 Å². The van der Waals surface area contributed by atoms with Gasteiger partial charge in [-0.15, -0.1) is 11.8 Å². The van der Waals surface area contributed by atoms with Gasteiger partial charge in [0.05, 0.1) is 5.56 Å². The summed E-state index contributed by atoms with van der Waals surface area (Å²) in [6.45, 7) is 6.56. The number of nitrogens with zero attached hydrogens (tertiary/aromatic N) is 1. The molecule has 0 saturated heterocycles. The molecule has 0 fully saturated rings. The number of hydrogen-bond acceptors (Lipinski definition) is 3. The zero-order valence-electron chi connectivity index (χ0n) is 17.1. The summed E-state index contributed by atoms with van der Waals surface area (Å²) in [7, 11) is 0. The molecule has 2 aromatic carbocycles. The van der Waals surface area contributed by atoms with Crippen molar-refractivity contribution < 1.29 is 9.90 Å². The zero-order valence-corrected chi connectivity index (χ0v) is 17.9. The zero-order chi connectivity index (χ0) is 21.3. The third kappa shape index (κ3) is 4.32. The molecule has 4 rings (SSSR count). The first-order valence-corrected chi connectivity index (χ1v) is 10.5. The minimum Gasteiger partial charge on any atom is -0.478 e. The molecule has 148 valence electrons. The molecule has 3 aromatic rings. The lowest BCUT2D eigenvalue weighted by Gasteiger charge is -2.29. The monoisotopic (exact) mass is 411 g/mol. The Morgan fingerprint density at radius 3 is 2.47 bits per heavy atom. The van der Waals surface area contributed by atoms with Gasteiger partial charge in [0, 0.05) is 21.4 Å². The van der Waals surface area contributed by atoms with Gasteiger partial charge in [0.25, 0.3) is 0 Å². The van der Waals surface area contributed by atoms with Gasteiger partial charge in [-0.25, -0.2) is 9.78 Å². The normalized spacial score (nSPS) is 14.2. The second-order valence-electron chi connectivity index (χ2n) is 7.83. The van der Waals surface area contributed by atoms with Crippen LogP contribution in [0.1, 0.15) is 52.2 Å². The van der Waals surface area contributed by atoms with Crippen molar-refractivity contribution in [2.75, 3.05) is 0 Å². The second kappa shape index (κ2) is 7.85. The molecule has 0 radical (unpaired) electrons. The Hall–Kier alpha value is -3.29. The van der Waals surface area contributed by atoms with E-state index in [0.717, 1.165) is 5.56 Å². The van der Waals surface area contributed by atoms with Crippen LogP contribution < -0.4 is 0 Å². The first-order valence-electron chi connectivity index (χ1n) is 9.65. The standard InChI is InChI=1S/C26H21NO2S/c1-17-4-8-19(9-5-17)23-15-26(2,3)30-24-13-7-18(14-22(23)24)6-11-21-12-10-20(16-27-21)25(28)29/h4-5,7-10,12-16H,1-3H3,(H,28,29). The molecule has 0 amide bonds. The van der Waals surface area contributed by atoms with Crippen LogP contribution >= 0.6 is 11.8 Å². The number of pyridine rings is 1. The SMILES string of the molecule is Cc1ccc(C2=CC(C)(C)Sc3ccc(C#Cc4ccc(C(=O)O)cn4)cc32)cc1. The molecule has 0 aliphatic carbocycles. The smallest absolute Gasteiger partial charge is 0.337 e. The van der Waals surface area contributed by atoms with Crippen molar-refractivity contribution in [2.24, 2.45) is 0 Å². The molecule has 3 nitrogen and oxygen atoms in total. The number of carboxylic acids is 1. The van der Waals surface area contributed by atoms with Crippen LogP contribution in [-0.2, 0) is 0 Å². The number of carbonyl (C=O) groups is 1. The van der Waals surface area contributed by atoms with E-state index in [-0.39, 0.29) is 10.3 Å². The van der Waals surface area contributed by atoms with Crippen molar-refractivity contribution in [3.63, 3.8) is 0 Å². The first kappa shape index (κ1) is 20.0. The van der Waals surface area contributed by atoms with Crippen molar-refractivity contribution in [1.82, 2.24) is 4.98 Å². The van der Waals surface area contributed by atoms with Crippen molar-refractivity contribution >= 4 is 23.3 Å². The van der Waals surface area contributed by atoms with Crippen LogP contribution in [0.4, 0.5) is 0 Å². The molecule has 0 atom stereocenters. The summed E-state index contributed by atoms with van der Waals surface area (Å²) in [6, 6.07) is 18.1. The van der Waals surface area contributed by atoms with E-state index in [0.29, 0.717) is 5.69 Å². The van der Waals surface area contributed by atoms with E-state index in [2.05, 4.69) is 80.1 Å². The van der Waals surface area contributed by atoms with Gasteiger partial charge >= 0.3 is 5.97 Å². The van der Waals surface area contributed by atoms with Gasteiger partial charge in [0.2, 0.25) is 0 Å². The summed E-state index contributed by atoms with van der Waals surface area (Å²) < 4.78 is 0.0101. The van der Waals surface area contributed by atoms with Crippen LogP contribution in [0, 0.1) is 18.8 Å². The van der Waals surface area contributed by atoms with E-state index in [1.165, 1.54) is 39.4 Å². The van der Waals surface area contributed by atoms with Gasteiger partial charge in [-0.1, -0.05) is 41.8 Å². The molecular weight excluding hydrogens is 390 g/mol. The Morgan fingerprint density at radius 2 is 1.80 bits per heavy atom. The van der Waals surface area contributed by atoms with E-state index in [1.807, 2.05) is 17.8 Å². The van der Waals surface area contributed by atoms with E-state index >= 15 is 0 Å². The molecule has 0 bridgehead atoms. The maximum atomic E-state index is 11.0. The average Bonchev–Trinajstić information content (AvgIpc) is 2.72. The maximum Gasteiger partial charge on any atom is 0.337 e. The van der Waals surface area contributed by atoms with Gasteiger partial charge in [0.15, 0.2) is 0 Å². The fraction of sp³-hybridized carbons (Fsp3) is 0.154. The second-order valence-corrected chi connectivity index (χ2v) is 9.52. The number of aromatic nitrogens is 1. The quantitative estimate of drug-likeness (QED) is 0.541. The lowest BCUT2D eigenvalue weighted by molar-refractivity contribution is 0.0696. The van der Waals surface area contributed by atoms with E-state index in [9.17, 15) is 4.79 Å². The van der Waals surface area contributed by atoms with E-state index in [4.69, 9.17) is 5.11 Å². The Kier molecular flexibility index (Phi) is 5.24. The van der Waals surface area contributed by atoms with Crippen LogP contribution in [0.5, 0.6) is 0 Å². The molecule has 0 spiro atoms. The van der Waals surface area contributed by atoms with Crippen molar-refractivity contribution in [1.29, 1.82) is 0 Å². The predicted molar refractivity (Wildman–Crippen MR) is 122 cm³/mol. The molecule has 1 N–H and O–H groups in total. The summed E-state index contributed by atoms with van der Waals surface area (Å²) in [6.07, 6.45) is 3.66. The van der Waals surface area contributed by atoms with Crippen LogP contribution in [0.15, 0.2) is 71.8 Å². The van der Waals surface area contributed by atoms with Crippen molar-refractivity contribution in [3.8, 4) is 11.8 Å². The fourth-order valence-electron chi connectivity index (χ4n) is 3.35. The summed E-state index contributed by atoms with van der Waals surface area (Å²) in [5.41, 5.74) is 6.45. The molecule has 0 saturated carbocycles. The highest BCUT2D eigenvalue weighted by atomic mass is 32.2. The number of hydrogen-bond donors (Lipinski definition) is 1. The number of benzene rings is 2. The van der Waals surface area contributed by atoms with Gasteiger partial charge < -0.3 is 5.11 Å². The largest absolute Gasteiger partial charge is 0.478 e. The summed E-state index contributed by atoms with van der Waals surface area (Å²) in [5, 5.41) is 8.98. The van der Waals surface area contributed by atoms with Crippen LogP contribution in [0.2, 0.25) is 0 Å². The fourth-order valence-corrected chi connectivity index (χ4v) is 4.51. The Labute approximate surface area is 180 Å². The number of thioether (sulfide) groups is 1. The van der Waals surface area contributed by atoms with Gasteiger partial charge in [-0.05, 0) is 73.7 Å². The van der Waals surface area contributed by atoms with Crippen LogP contribution in [0.3, 0.4) is 0 Å². The van der Waals surface area contributed by atoms with Crippen molar-refractivity contribution in [3.05, 3.63) is 100 Å². The molecular formula is C26H21NO2S. The summed E-state index contributed by atoms with van der Waals surface area (Å²) in [4.78, 5) is 16.3. The number of aryl methyl sites for hydroxylation is 1. The summed E-state index contributed by atoms with van der Waals surface area (Å²) >= 11 is 1.85. The highest BCUT2D eigenvalue weighted by Crippen LogP contribution is 2.46. The van der Waals surface area contributed by atoms with Gasteiger partial charge in [-0.3, -0.25) is 0 Å². The highest BCUT2D eigenvalue weighted by Gasteiger charge is 2.26. The topological polar surface area (TPSA) is 50.2 Å². The third-order valence-corrected chi connectivity index (χ3v) is 6.06. The Bertz CT molecular complexity index is 1210. The van der Waals surface area contributed by atoms with E-state index in [1.54, 1.807) is 6.07 Å². The number of rotatable bonds is 2. The number of fused-ring (bicyclic) bond motifs is 1. The van der Waals surface area contributed by atoms with E-state index < -0.39 is 5.97 Å². The molecule has 1 aliphatic rings. The van der Waals surface area contributed by atoms with Crippen molar-refractivity contribution in [2.45, 2.75) is 30.4 Å². The van der Waals surface area contributed by atoms with Gasteiger partial charge in [-0.2, -0.15) is 0 Å². The lowest BCUT2D eigenvalue weighted by atomic mass is 9.92. The molecule has 2 heterocycles. The minimum absolute atomic E-state index is 0.0101. The first-order chi connectivity index (χ1) is 14.3. The molecule has 4 heteroatoms. The number of aromatic carboxylic acids is 1. The Balaban J connectivity index is 1.71. The molecule has 1 aromatic heterocycles. The lowest BCUT2D eigenvalue weighted by Crippen LogP contribution is -2.16. The summed E-state index contributed by atoms with van der Waals surface area (Å²) in [5.74, 6) is 5.20.